The molecular weight excluding hydrogens is 294 g/mol. The van der Waals surface area contributed by atoms with E-state index in [-0.39, 0.29) is 22.4 Å². The van der Waals surface area contributed by atoms with Gasteiger partial charge in [-0.05, 0) is 37.2 Å². The minimum absolute atomic E-state index is 0.0529. The molecule has 0 spiro atoms. The number of ether oxygens (including phenoxy) is 1. The third-order valence-corrected chi connectivity index (χ3v) is 4.62. The topological polar surface area (TPSA) is 69.4 Å². The second-order valence-electron chi connectivity index (χ2n) is 5.69. The zero-order chi connectivity index (χ0) is 15.6. The van der Waals surface area contributed by atoms with Gasteiger partial charge in [0.25, 0.3) is 5.69 Å². The molecule has 0 amide bonds. The van der Waals surface area contributed by atoms with Gasteiger partial charge in [-0.25, -0.2) is 4.79 Å². The fourth-order valence-electron chi connectivity index (χ4n) is 2.64. The average Bonchev–Trinajstić information content (AvgIpc) is 2.42. The molecule has 21 heavy (non-hydrogen) atoms. The Morgan fingerprint density at radius 1 is 1.33 bits per heavy atom. The molecular formula is C15H18ClNO4. The van der Waals surface area contributed by atoms with Crippen molar-refractivity contribution in [2.24, 2.45) is 11.8 Å². The van der Waals surface area contributed by atoms with Crippen LogP contribution < -0.4 is 0 Å². The molecule has 0 aliphatic heterocycles. The maximum Gasteiger partial charge on any atom is 0.340 e. The van der Waals surface area contributed by atoms with Gasteiger partial charge < -0.3 is 4.74 Å². The largest absolute Gasteiger partial charge is 0.459 e. The van der Waals surface area contributed by atoms with Crippen LogP contribution in [0.3, 0.4) is 0 Å². The lowest BCUT2D eigenvalue weighted by Crippen LogP contribution is -2.28. The van der Waals surface area contributed by atoms with E-state index in [1.807, 2.05) is 0 Å². The van der Waals surface area contributed by atoms with Gasteiger partial charge in [0, 0.05) is 6.07 Å². The predicted molar refractivity (Wildman–Crippen MR) is 79.5 cm³/mol. The predicted octanol–water partition coefficient (Wildman–Crippen LogP) is 4.23. The van der Waals surface area contributed by atoms with E-state index in [0.717, 1.165) is 19.3 Å². The Hall–Kier alpha value is -1.62. The summed E-state index contributed by atoms with van der Waals surface area (Å²) in [4.78, 5) is 22.4. The van der Waals surface area contributed by atoms with Crippen LogP contribution in [0.25, 0.3) is 0 Å². The molecule has 0 saturated heterocycles. The van der Waals surface area contributed by atoms with Crippen LogP contribution >= 0.6 is 11.6 Å². The van der Waals surface area contributed by atoms with Crippen LogP contribution in [-0.4, -0.2) is 17.0 Å². The number of carbonyl (C=O) groups excluding carboxylic acids is 1. The fraction of sp³-hybridized carbons (Fsp3) is 0.533. The summed E-state index contributed by atoms with van der Waals surface area (Å²) >= 11 is 5.93. The highest BCUT2D eigenvalue weighted by atomic mass is 35.5. The van der Waals surface area contributed by atoms with E-state index in [4.69, 9.17) is 16.3 Å². The van der Waals surface area contributed by atoms with Crippen molar-refractivity contribution in [3.8, 4) is 0 Å². The Bertz CT molecular complexity index is 561. The standard InChI is InChI=1S/C15H18ClNO4/c1-9-6-7-11(8-10(9)2)21-15(18)12-4-3-5-13(14(12)16)17(19)20/h3-5,9-11H,6-8H2,1-2H3. The Kier molecular flexibility index (Phi) is 4.83. The lowest BCUT2D eigenvalue weighted by molar-refractivity contribution is -0.384. The van der Waals surface area contributed by atoms with Gasteiger partial charge in [0.1, 0.15) is 11.1 Å². The summed E-state index contributed by atoms with van der Waals surface area (Å²) in [5, 5.41) is 10.7. The van der Waals surface area contributed by atoms with E-state index in [2.05, 4.69) is 13.8 Å². The van der Waals surface area contributed by atoms with Gasteiger partial charge in [-0.3, -0.25) is 10.1 Å². The van der Waals surface area contributed by atoms with E-state index in [1.54, 1.807) is 0 Å². The first-order valence-electron chi connectivity index (χ1n) is 7.04. The summed E-state index contributed by atoms with van der Waals surface area (Å²) in [7, 11) is 0. The minimum atomic E-state index is -0.608. The molecule has 1 saturated carbocycles. The molecule has 3 atom stereocenters. The maximum atomic E-state index is 12.2. The number of esters is 1. The average molecular weight is 312 g/mol. The van der Waals surface area contributed by atoms with E-state index in [9.17, 15) is 14.9 Å². The van der Waals surface area contributed by atoms with Gasteiger partial charge in [0.15, 0.2) is 0 Å². The molecule has 6 heteroatoms. The van der Waals surface area contributed by atoms with Gasteiger partial charge in [0.2, 0.25) is 0 Å². The van der Waals surface area contributed by atoms with Gasteiger partial charge in [-0.1, -0.05) is 31.5 Å². The number of nitrogens with zero attached hydrogens (tertiary/aromatic N) is 1. The Morgan fingerprint density at radius 3 is 2.67 bits per heavy atom. The molecule has 0 aromatic heterocycles. The van der Waals surface area contributed by atoms with Gasteiger partial charge in [-0.2, -0.15) is 0 Å². The van der Waals surface area contributed by atoms with Crippen molar-refractivity contribution in [1.29, 1.82) is 0 Å². The van der Waals surface area contributed by atoms with Crippen LogP contribution in [0.1, 0.15) is 43.5 Å². The smallest absolute Gasteiger partial charge is 0.340 e. The second-order valence-corrected chi connectivity index (χ2v) is 6.07. The number of nitro benzene ring substituents is 1. The fourth-order valence-corrected chi connectivity index (χ4v) is 2.91. The Morgan fingerprint density at radius 2 is 2.05 bits per heavy atom. The normalized spacial score (nSPS) is 25.4. The first-order chi connectivity index (χ1) is 9.90. The molecule has 1 aromatic rings. The van der Waals surface area contributed by atoms with Crippen molar-refractivity contribution in [3.05, 3.63) is 38.9 Å². The van der Waals surface area contributed by atoms with Gasteiger partial charge in [0.05, 0.1) is 10.5 Å². The quantitative estimate of drug-likeness (QED) is 0.476. The van der Waals surface area contributed by atoms with Crippen LogP contribution in [0.15, 0.2) is 18.2 Å². The summed E-state index contributed by atoms with van der Waals surface area (Å²) in [5.41, 5.74) is -0.228. The summed E-state index contributed by atoms with van der Waals surface area (Å²) in [6, 6.07) is 4.15. The van der Waals surface area contributed by atoms with E-state index in [0.29, 0.717) is 11.8 Å². The zero-order valence-electron chi connectivity index (χ0n) is 12.0. The molecule has 1 aliphatic rings. The Labute approximate surface area is 128 Å². The van der Waals surface area contributed by atoms with E-state index in [1.165, 1.54) is 18.2 Å². The SMILES string of the molecule is CC1CCC(OC(=O)c2cccc([N+](=O)[O-])c2Cl)CC1C. The van der Waals surface area contributed by atoms with Crippen LogP contribution in [0.4, 0.5) is 5.69 Å². The van der Waals surface area contributed by atoms with Crippen molar-refractivity contribution in [3.63, 3.8) is 0 Å². The molecule has 0 heterocycles. The van der Waals surface area contributed by atoms with Crippen molar-refractivity contribution >= 4 is 23.3 Å². The van der Waals surface area contributed by atoms with Crippen molar-refractivity contribution < 1.29 is 14.5 Å². The van der Waals surface area contributed by atoms with Crippen molar-refractivity contribution in [2.75, 3.05) is 0 Å². The number of hydrogen-bond donors (Lipinski definition) is 0. The Balaban J connectivity index is 2.11. The number of carbonyl (C=O) groups is 1. The monoisotopic (exact) mass is 311 g/mol. The first-order valence-corrected chi connectivity index (χ1v) is 7.41. The molecule has 1 aliphatic carbocycles. The molecule has 1 aromatic carbocycles. The molecule has 5 nitrogen and oxygen atoms in total. The number of nitro groups is 1. The van der Waals surface area contributed by atoms with E-state index < -0.39 is 10.9 Å². The second kappa shape index (κ2) is 6.43. The number of halogens is 1. The minimum Gasteiger partial charge on any atom is -0.459 e. The van der Waals surface area contributed by atoms with Gasteiger partial charge >= 0.3 is 5.97 Å². The third-order valence-electron chi connectivity index (χ3n) is 4.22. The van der Waals surface area contributed by atoms with Crippen LogP contribution in [0, 0.1) is 22.0 Å². The molecule has 0 N–H and O–H groups in total. The van der Waals surface area contributed by atoms with Crippen LogP contribution in [0.5, 0.6) is 0 Å². The zero-order valence-corrected chi connectivity index (χ0v) is 12.8. The summed E-state index contributed by atoms with van der Waals surface area (Å²) in [5.74, 6) is 0.536. The molecule has 0 radical (unpaired) electrons. The number of benzene rings is 1. The molecule has 1 fully saturated rings. The lowest BCUT2D eigenvalue weighted by Gasteiger charge is -2.31. The molecule has 114 valence electrons. The third kappa shape index (κ3) is 3.53. The van der Waals surface area contributed by atoms with Crippen molar-refractivity contribution in [2.45, 2.75) is 39.2 Å². The van der Waals surface area contributed by atoms with Crippen LogP contribution in [-0.2, 0) is 4.74 Å². The molecule has 3 unspecified atom stereocenters. The van der Waals surface area contributed by atoms with E-state index >= 15 is 0 Å². The van der Waals surface area contributed by atoms with Crippen LogP contribution in [0.2, 0.25) is 5.02 Å². The molecule has 2 rings (SSSR count). The number of hydrogen-bond acceptors (Lipinski definition) is 4. The highest BCUT2D eigenvalue weighted by Crippen LogP contribution is 2.33. The highest BCUT2D eigenvalue weighted by Gasteiger charge is 2.29. The maximum absolute atomic E-state index is 12.2. The summed E-state index contributed by atoms with van der Waals surface area (Å²) in [6.45, 7) is 4.34. The van der Waals surface area contributed by atoms with Crippen molar-refractivity contribution in [1.82, 2.24) is 0 Å². The van der Waals surface area contributed by atoms with Gasteiger partial charge in [-0.15, -0.1) is 0 Å². The molecule has 0 bridgehead atoms. The summed E-state index contributed by atoms with van der Waals surface area (Å²) in [6.07, 6.45) is 2.52. The lowest BCUT2D eigenvalue weighted by atomic mass is 9.80. The summed E-state index contributed by atoms with van der Waals surface area (Å²) < 4.78 is 5.47. The highest BCUT2D eigenvalue weighted by molar-refractivity contribution is 6.35. The number of rotatable bonds is 3. The first kappa shape index (κ1) is 15.8.